The normalized spacial score (nSPS) is 11.9. The van der Waals surface area contributed by atoms with Crippen LogP contribution in [-0.2, 0) is 16.4 Å². The third-order valence-electron chi connectivity index (χ3n) is 2.91. The molecule has 1 rings (SSSR count). The van der Waals surface area contributed by atoms with Crippen LogP contribution in [0.1, 0.15) is 25.1 Å². The zero-order valence-corrected chi connectivity index (χ0v) is 13.7. The first-order chi connectivity index (χ1) is 9.19. The molecule has 0 saturated heterocycles. The van der Waals surface area contributed by atoms with Gasteiger partial charge in [-0.25, -0.2) is 18.4 Å². The predicted octanol–water partition coefficient (Wildman–Crippen LogP) is 0.764. The molecule has 1 heterocycles. The molecule has 1 N–H and O–H groups in total. The van der Waals surface area contributed by atoms with E-state index in [0.717, 1.165) is 17.8 Å². The van der Waals surface area contributed by atoms with Crippen LogP contribution in [0.2, 0.25) is 0 Å². The monoisotopic (exact) mass is 300 g/mol. The number of hydrogen-bond donors (Lipinski definition) is 1. The van der Waals surface area contributed by atoms with Gasteiger partial charge in [0.1, 0.15) is 9.84 Å². The van der Waals surface area contributed by atoms with Crippen LogP contribution in [0, 0.1) is 6.92 Å². The quantitative estimate of drug-likeness (QED) is 0.801. The van der Waals surface area contributed by atoms with Crippen molar-refractivity contribution in [2.24, 2.45) is 0 Å². The summed E-state index contributed by atoms with van der Waals surface area (Å²) in [7, 11) is -1.17. The van der Waals surface area contributed by atoms with Crippen molar-refractivity contribution in [1.29, 1.82) is 0 Å². The Morgan fingerprint density at radius 3 is 2.55 bits per heavy atom. The van der Waals surface area contributed by atoms with Crippen molar-refractivity contribution < 1.29 is 8.42 Å². The van der Waals surface area contributed by atoms with E-state index in [2.05, 4.69) is 29.1 Å². The molecule has 0 spiro atoms. The topological polar surface area (TPSA) is 75.2 Å². The lowest BCUT2D eigenvalue weighted by Gasteiger charge is -2.18. The Bertz CT molecular complexity index is 543. The van der Waals surface area contributed by atoms with E-state index in [1.54, 1.807) is 18.1 Å². The molecule has 0 radical (unpaired) electrons. The van der Waals surface area contributed by atoms with Crippen LogP contribution in [-0.4, -0.2) is 50.0 Å². The number of sulfone groups is 1. The highest BCUT2D eigenvalue weighted by Crippen LogP contribution is 2.10. The largest absolute Gasteiger partial charge is 0.343 e. The molecule has 0 fully saturated rings. The minimum absolute atomic E-state index is 0.0998. The van der Waals surface area contributed by atoms with Crippen LogP contribution in [0.3, 0.4) is 0 Å². The highest BCUT2D eigenvalue weighted by molar-refractivity contribution is 7.90. The number of nitrogens with one attached hydrogen (secondary N) is 1. The van der Waals surface area contributed by atoms with Gasteiger partial charge in [-0.1, -0.05) is 13.8 Å². The SMILES string of the molecule is Cc1nc(N(C)CCS(C)(=O)=O)ncc1CNC(C)C. The smallest absolute Gasteiger partial charge is 0.225 e. The maximum atomic E-state index is 11.2. The van der Waals surface area contributed by atoms with Crippen LogP contribution in [0.5, 0.6) is 0 Å². The first-order valence-electron chi connectivity index (χ1n) is 6.64. The highest BCUT2D eigenvalue weighted by atomic mass is 32.2. The van der Waals surface area contributed by atoms with Crippen molar-refractivity contribution in [1.82, 2.24) is 15.3 Å². The van der Waals surface area contributed by atoms with Crippen LogP contribution < -0.4 is 10.2 Å². The molecule has 0 atom stereocenters. The van der Waals surface area contributed by atoms with Crippen molar-refractivity contribution in [3.63, 3.8) is 0 Å². The lowest BCUT2D eigenvalue weighted by atomic mass is 10.2. The third-order valence-corrected chi connectivity index (χ3v) is 3.83. The second-order valence-electron chi connectivity index (χ2n) is 5.37. The Morgan fingerprint density at radius 1 is 1.40 bits per heavy atom. The van der Waals surface area contributed by atoms with Gasteiger partial charge in [0.05, 0.1) is 5.75 Å². The maximum Gasteiger partial charge on any atom is 0.225 e. The molecule has 0 saturated carbocycles. The van der Waals surface area contributed by atoms with E-state index in [-0.39, 0.29) is 5.75 Å². The summed E-state index contributed by atoms with van der Waals surface area (Å²) in [4.78, 5) is 10.5. The fourth-order valence-electron chi connectivity index (χ4n) is 1.55. The minimum atomic E-state index is -2.97. The third kappa shape index (κ3) is 5.83. The predicted molar refractivity (Wildman–Crippen MR) is 81.7 cm³/mol. The number of nitrogens with zero attached hydrogens (tertiary/aromatic N) is 3. The van der Waals surface area contributed by atoms with Crippen LogP contribution in [0.25, 0.3) is 0 Å². The minimum Gasteiger partial charge on any atom is -0.343 e. The molecule has 0 amide bonds. The van der Waals surface area contributed by atoms with E-state index in [9.17, 15) is 8.42 Å². The zero-order chi connectivity index (χ0) is 15.3. The van der Waals surface area contributed by atoms with E-state index in [0.29, 0.717) is 18.5 Å². The molecule has 0 aliphatic carbocycles. The Morgan fingerprint density at radius 2 is 2.05 bits per heavy atom. The standard InChI is InChI=1S/C13H24N4O2S/c1-10(2)14-8-12-9-15-13(16-11(12)3)17(4)6-7-20(5,18)19/h9-10,14H,6-8H2,1-5H3. The summed E-state index contributed by atoms with van der Waals surface area (Å²) in [5.74, 6) is 0.655. The molecule has 1 aromatic rings. The number of hydrogen-bond acceptors (Lipinski definition) is 6. The van der Waals surface area contributed by atoms with Gasteiger partial charge >= 0.3 is 0 Å². The maximum absolute atomic E-state index is 11.2. The molecule has 0 bridgehead atoms. The fourth-order valence-corrected chi connectivity index (χ4v) is 2.16. The summed E-state index contributed by atoms with van der Waals surface area (Å²) in [5, 5.41) is 3.32. The first-order valence-corrected chi connectivity index (χ1v) is 8.70. The second kappa shape index (κ2) is 6.99. The van der Waals surface area contributed by atoms with E-state index in [1.807, 2.05) is 6.92 Å². The fraction of sp³-hybridized carbons (Fsp3) is 0.692. The summed E-state index contributed by atoms with van der Waals surface area (Å²) in [5.41, 5.74) is 1.97. The molecular weight excluding hydrogens is 276 g/mol. The molecular formula is C13H24N4O2S. The van der Waals surface area contributed by atoms with Gasteiger partial charge in [-0.3, -0.25) is 0 Å². The van der Waals surface area contributed by atoms with E-state index in [4.69, 9.17) is 0 Å². The summed E-state index contributed by atoms with van der Waals surface area (Å²) < 4.78 is 22.3. The lowest BCUT2D eigenvalue weighted by Crippen LogP contribution is -2.27. The summed E-state index contributed by atoms with van der Waals surface area (Å²) >= 11 is 0. The van der Waals surface area contributed by atoms with Crippen molar-refractivity contribution >= 4 is 15.8 Å². The molecule has 0 aliphatic rings. The van der Waals surface area contributed by atoms with Crippen molar-refractivity contribution in [3.05, 3.63) is 17.5 Å². The average molecular weight is 300 g/mol. The average Bonchev–Trinajstić information content (AvgIpc) is 2.33. The van der Waals surface area contributed by atoms with E-state index in [1.165, 1.54) is 6.26 Å². The summed E-state index contributed by atoms with van der Waals surface area (Å²) in [6, 6.07) is 0.409. The van der Waals surface area contributed by atoms with E-state index < -0.39 is 9.84 Å². The van der Waals surface area contributed by atoms with Gasteiger partial charge in [0, 0.05) is 49.9 Å². The van der Waals surface area contributed by atoms with E-state index >= 15 is 0 Å². The molecule has 114 valence electrons. The van der Waals surface area contributed by atoms with Crippen LogP contribution >= 0.6 is 0 Å². The van der Waals surface area contributed by atoms with Gasteiger partial charge in [-0.15, -0.1) is 0 Å². The van der Waals surface area contributed by atoms with Gasteiger partial charge in [0.2, 0.25) is 5.95 Å². The van der Waals surface area contributed by atoms with Crippen LogP contribution in [0.4, 0.5) is 5.95 Å². The molecule has 6 nitrogen and oxygen atoms in total. The molecule has 0 aromatic carbocycles. The molecule has 0 unspecified atom stereocenters. The first kappa shape index (κ1) is 16.8. The summed E-state index contributed by atoms with van der Waals surface area (Å²) in [6.07, 6.45) is 3.03. The number of aromatic nitrogens is 2. The Kier molecular flexibility index (Phi) is 5.88. The van der Waals surface area contributed by atoms with Gasteiger partial charge in [0.15, 0.2) is 0 Å². The number of aryl methyl sites for hydroxylation is 1. The Labute approximate surface area is 121 Å². The van der Waals surface area contributed by atoms with Gasteiger partial charge in [-0.05, 0) is 6.92 Å². The van der Waals surface area contributed by atoms with Gasteiger partial charge in [0.25, 0.3) is 0 Å². The van der Waals surface area contributed by atoms with Crippen LogP contribution in [0.15, 0.2) is 6.20 Å². The molecule has 1 aromatic heterocycles. The van der Waals surface area contributed by atoms with Gasteiger partial charge in [-0.2, -0.15) is 0 Å². The zero-order valence-electron chi connectivity index (χ0n) is 12.8. The second-order valence-corrected chi connectivity index (χ2v) is 7.63. The van der Waals surface area contributed by atoms with Crippen molar-refractivity contribution in [3.8, 4) is 0 Å². The van der Waals surface area contributed by atoms with Crippen molar-refractivity contribution in [2.75, 3.05) is 30.5 Å². The number of rotatable bonds is 7. The van der Waals surface area contributed by atoms with Gasteiger partial charge < -0.3 is 10.2 Å². The van der Waals surface area contributed by atoms with Crippen molar-refractivity contribution in [2.45, 2.75) is 33.4 Å². The Hall–Kier alpha value is -1.21. The summed E-state index contributed by atoms with van der Waals surface area (Å²) in [6.45, 7) is 7.23. The molecule has 20 heavy (non-hydrogen) atoms. The molecule has 0 aliphatic heterocycles. The number of anilines is 1. The molecule has 7 heteroatoms. The highest BCUT2D eigenvalue weighted by Gasteiger charge is 2.10. The lowest BCUT2D eigenvalue weighted by molar-refractivity contribution is 0.584. The Balaban J connectivity index is 2.71.